The summed E-state index contributed by atoms with van der Waals surface area (Å²) in [6, 6.07) is 24.4. The van der Waals surface area contributed by atoms with Gasteiger partial charge in [0.15, 0.2) is 0 Å². The first-order valence-corrected chi connectivity index (χ1v) is 13.3. The highest BCUT2D eigenvalue weighted by atomic mass is 15.1. The third kappa shape index (κ3) is 4.03. The van der Waals surface area contributed by atoms with Gasteiger partial charge in [0.05, 0.1) is 11.0 Å². The molecule has 0 saturated carbocycles. The molecule has 0 unspecified atom stereocenters. The standard InChI is InChI=1S/C32H36N4/c1-31(2)15-16-32(3,4)26-19-24(11-13-25(26)31)30-35-27-20-23(29-33-17-8-18-34-29)12-14-28(27)36(30)21-22-9-6-5-7-10-22/h5-7,9-14,19-20H,8,15-18,21H2,1-4H3,(H,33,34). The average Bonchev–Trinajstić information content (AvgIpc) is 3.25. The molecular weight excluding hydrogens is 440 g/mol. The molecule has 6 rings (SSSR count). The summed E-state index contributed by atoms with van der Waals surface area (Å²) in [6.07, 6.45) is 3.52. The van der Waals surface area contributed by atoms with E-state index in [0.717, 1.165) is 54.3 Å². The molecule has 4 heteroatoms. The van der Waals surface area contributed by atoms with Crippen molar-refractivity contribution in [2.45, 2.75) is 64.3 Å². The highest BCUT2D eigenvalue weighted by Crippen LogP contribution is 2.46. The minimum absolute atomic E-state index is 0.162. The first-order chi connectivity index (χ1) is 17.3. The first-order valence-electron chi connectivity index (χ1n) is 13.3. The Bertz CT molecular complexity index is 1460. The van der Waals surface area contributed by atoms with E-state index in [4.69, 9.17) is 9.98 Å². The Morgan fingerprint density at radius 2 is 1.58 bits per heavy atom. The summed E-state index contributed by atoms with van der Waals surface area (Å²) >= 11 is 0. The third-order valence-corrected chi connectivity index (χ3v) is 8.21. The van der Waals surface area contributed by atoms with Gasteiger partial charge >= 0.3 is 0 Å². The number of rotatable bonds is 4. The van der Waals surface area contributed by atoms with Gasteiger partial charge in [-0.25, -0.2) is 4.98 Å². The van der Waals surface area contributed by atoms with Gasteiger partial charge < -0.3 is 9.88 Å². The SMILES string of the molecule is CC1(C)CCC(C)(C)c2cc(-c3nc4cc(C5=NCCCN5)ccc4n3Cc3ccccc3)ccc21. The van der Waals surface area contributed by atoms with E-state index in [-0.39, 0.29) is 10.8 Å². The van der Waals surface area contributed by atoms with Crippen molar-refractivity contribution in [1.29, 1.82) is 0 Å². The largest absolute Gasteiger partial charge is 0.370 e. The Balaban J connectivity index is 1.52. The van der Waals surface area contributed by atoms with Gasteiger partial charge in [0.25, 0.3) is 0 Å². The molecule has 1 aromatic heterocycles. The minimum Gasteiger partial charge on any atom is -0.370 e. The van der Waals surface area contributed by atoms with Crippen molar-refractivity contribution >= 4 is 16.9 Å². The van der Waals surface area contributed by atoms with Crippen LogP contribution in [0.4, 0.5) is 0 Å². The Morgan fingerprint density at radius 1 is 0.833 bits per heavy atom. The maximum Gasteiger partial charge on any atom is 0.141 e. The summed E-state index contributed by atoms with van der Waals surface area (Å²) in [7, 11) is 0. The molecule has 3 aromatic carbocycles. The van der Waals surface area contributed by atoms with Crippen molar-refractivity contribution in [2.24, 2.45) is 4.99 Å². The molecular formula is C32H36N4. The quantitative estimate of drug-likeness (QED) is 0.350. The molecule has 2 heterocycles. The second-order valence-electron chi connectivity index (χ2n) is 11.7. The van der Waals surface area contributed by atoms with Gasteiger partial charge in [0.1, 0.15) is 11.7 Å². The van der Waals surface area contributed by atoms with Gasteiger partial charge in [-0.15, -0.1) is 0 Å². The lowest BCUT2D eigenvalue weighted by Gasteiger charge is -2.42. The predicted octanol–water partition coefficient (Wildman–Crippen LogP) is 6.84. The van der Waals surface area contributed by atoms with Gasteiger partial charge in [0.2, 0.25) is 0 Å². The summed E-state index contributed by atoms with van der Waals surface area (Å²) < 4.78 is 2.38. The van der Waals surface area contributed by atoms with E-state index in [1.165, 1.54) is 35.1 Å². The molecule has 1 aliphatic carbocycles. The van der Waals surface area contributed by atoms with E-state index < -0.39 is 0 Å². The normalized spacial score (nSPS) is 18.4. The lowest BCUT2D eigenvalue weighted by molar-refractivity contribution is 0.332. The number of nitrogens with one attached hydrogen (secondary N) is 1. The molecule has 0 atom stereocenters. The van der Waals surface area contributed by atoms with Gasteiger partial charge in [0, 0.05) is 30.8 Å². The molecule has 4 aromatic rings. The zero-order chi connectivity index (χ0) is 24.9. The molecule has 2 aliphatic rings. The molecule has 36 heavy (non-hydrogen) atoms. The monoisotopic (exact) mass is 476 g/mol. The summed E-state index contributed by atoms with van der Waals surface area (Å²) in [5, 5.41) is 3.46. The van der Waals surface area contributed by atoms with E-state index in [1.54, 1.807) is 0 Å². The van der Waals surface area contributed by atoms with Crippen LogP contribution in [0, 0.1) is 0 Å². The van der Waals surface area contributed by atoms with E-state index in [0.29, 0.717) is 0 Å². The fourth-order valence-electron chi connectivity index (χ4n) is 5.88. The van der Waals surface area contributed by atoms with Crippen LogP contribution in [-0.4, -0.2) is 28.5 Å². The third-order valence-electron chi connectivity index (χ3n) is 8.21. The number of fused-ring (bicyclic) bond motifs is 2. The summed E-state index contributed by atoms with van der Waals surface area (Å²) in [5.41, 5.74) is 9.09. The Hall–Kier alpha value is -3.40. The van der Waals surface area contributed by atoms with E-state index >= 15 is 0 Å². The van der Waals surface area contributed by atoms with Crippen molar-refractivity contribution in [3.63, 3.8) is 0 Å². The number of amidine groups is 1. The van der Waals surface area contributed by atoms with E-state index in [2.05, 4.69) is 104 Å². The molecule has 184 valence electrons. The van der Waals surface area contributed by atoms with Crippen LogP contribution in [0.5, 0.6) is 0 Å². The van der Waals surface area contributed by atoms with Crippen LogP contribution in [0.2, 0.25) is 0 Å². The number of imidazole rings is 1. The predicted molar refractivity (Wildman–Crippen MR) is 150 cm³/mol. The molecule has 0 fully saturated rings. The zero-order valence-electron chi connectivity index (χ0n) is 21.9. The minimum atomic E-state index is 0.162. The maximum atomic E-state index is 5.25. The van der Waals surface area contributed by atoms with E-state index in [1.807, 2.05) is 0 Å². The van der Waals surface area contributed by atoms with Gasteiger partial charge in [-0.3, -0.25) is 4.99 Å². The van der Waals surface area contributed by atoms with Crippen molar-refractivity contribution in [3.8, 4) is 11.4 Å². The van der Waals surface area contributed by atoms with Crippen LogP contribution in [0.15, 0.2) is 71.7 Å². The number of aliphatic imine (C=N–C) groups is 1. The first kappa shape index (κ1) is 23.0. The van der Waals surface area contributed by atoms with Gasteiger partial charge in [-0.1, -0.05) is 70.2 Å². The van der Waals surface area contributed by atoms with Gasteiger partial charge in [-0.05, 0) is 71.0 Å². The number of hydrogen-bond acceptors (Lipinski definition) is 3. The van der Waals surface area contributed by atoms with Crippen molar-refractivity contribution in [1.82, 2.24) is 14.9 Å². The van der Waals surface area contributed by atoms with Crippen molar-refractivity contribution in [3.05, 3.63) is 89.0 Å². The number of nitrogens with zero attached hydrogens (tertiary/aromatic N) is 3. The molecule has 0 bridgehead atoms. The molecule has 0 spiro atoms. The molecule has 4 nitrogen and oxygen atoms in total. The molecule has 0 radical (unpaired) electrons. The number of benzene rings is 3. The van der Waals surface area contributed by atoms with Gasteiger partial charge in [-0.2, -0.15) is 0 Å². The Morgan fingerprint density at radius 3 is 2.33 bits per heavy atom. The molecule has 1 aliphatic heterocycles. The van der Waals surface area contributed by atoms with Crippen molar-refractivity contribution < 1.29 is 0 Å². The topological polar surface area (TPSA) is 42.2 Å². The van der Waals surface area contributed by atoms with Crippen LogP contribution in [-0.2, 0) is 17.4 Å². The molecule has 0 saturated heterocycles. The smallest absolute Gasteiger partial charge is 0.141 e. The van der Waals surface area contributed by atoms with Crippen LogP contribution < -0.4 is 5.32 Å². The fourth-order valence-corrected chi connectivity index (χ4v) is 5.88. The highest BCUT2D eigenvalue weighted by Gasteiger charge is 2.37. The van der Waals surface area contributed by atoms with Crippen LogP contribution >= 0.6 is 0 Å². The van der Waals surface area contributed by atoms with E-state index in [9.17, 15) is 0 Å². The molecule has 0 amide bonds. The number of aromatic nitrogens is 2. The second-order valence-corrected chi connectivity index (χ2v) is 11.7. The Labute approximate surface area is 214 Å². The zero-order valence-corrected chi connectivity index (χ0v) is 21.9. The lowest BCUT2D eigenvalue weighted by Crippen LogP contribution is -2.33. The lowest BCUT2D eigenvalue weighted by atomic mass is 9.63. The highest BCUT2D eigenvalue weighted by molar-refractivity contribution is 6.01. The molecule has 1 N–H and O–H groups in total. The van der Waals surface area contributed by atoms with Crippen LogP contribution in [0.1, 0.15) is 69.2 Å². The van der Waals surface area contributed by atoms with Crippen LogP contribution in [0.25, 0.3) is 22.4 Å². The Kier molecular flexibility index (Phi) is 5.51. The van der Waals surface area contributed by atoms with Crippen molar-refractivity contribution in [2.75, 3.05) is 13.1 Å². The maximum absolute atomic E-state index is 5.25. The summed E-state index contributed by atoms with van der Waals surface area (Å²) in [4.78, 5) is 9.96. The summed E-state index contributed by atoms with van der Waals surface area (Å²) in [5.74, 6) is 2.02. The number of hydrogen-bond donors (Lipinski definition) is 1. The summed E-state index contributed by atoms with van der Waals surface area (Å²) in [6.45, 7) is 12.2. The fraction of sp³-hybridized carbons (Fsp3) is 0.375. The average molecular weight is 477 g/mol. The van der Waals surface area contributed by atoms with Crippen LogP contribution in [0.3, 0.4) is 0 Å². The second kappa shape index (κ2) is 8.62.